The Morgan fingerprint density at radius 3 is 0.966 bits per heavy atom. The molecule has 17 nitrogen and oxygen atoms in total. The normalized spacial score (nSPS) is 26.4. The molecule has 0 aliphatic heterocycles. The van der Waals surface area contributed by atoms with Crippen LogP contribution in [0.5, 0.6) is 28.7 Å². The Kier molecular flexibility index (Phi) is 49.7. The lowest BCUT2D eigenvalue weighted by Crippen LogP contribution is -2.54. The number of benzene rings is 5. The number of unbranched alkanes of at least 4 members (excludes halogenated alkanes) is 27. The Balaban J connectivity index is 0.606. The van der Waals surface area contributed by atoms with Gasteiger partial charge in [0.15, 0.2) is 24.1 Å². The average Bonchev–Trinajstić information content (AvgIpc) is 1.65. The number of rotatable bonds is 70. The Hall–Kier alpha value is -6.92. The Bertz CT molecular complexity index is 4420. The number of nitrogens with one attached hydrogen (secondary N) is 2. The molecule has 0 bridgehead atoms. The van der Waals surface area contributed by atoms with Crippen LogP contribution in [0.25, 0.3) is 0 Å². The predicted octanol–water partition coefficient (Wildman–Crippen LogP) is 37.8. The first-order chi connectivity index (χ1) is 72.4. The lowest BCUT2D eigenvalue weighted by molar-refractivity contribution is -0.192. The van der Waals surface area contributed by atoms with Crippen molar-refractivity contribution >= 4 is 34.6 Å². The maximum absolute atomic E-state index is 13.5. The van der Waals surface area contributed by atoms with Crippen molar-refractivity contribution in [3.63, 3.8) is 0 Å². The van der Waals surface area contributed by atoms with Gasteiger partial charge in [0.1, 0.15) is 24.7 Å². The molecule has 17 heteroatoms. The number of hydrogen-bond acceptors (Lipinski definition) is 15. The van der Waals surface area contributed by atoms with E-state index in [2.05, 4.69) is 127 Å². The third kappa shape index (κ3) is 35.3. The van der Waals surface area contributed by atoms with Gasteiger partial charge in [-0.05, 0) is 356 Å². The van der Waals surface area contributed by atoms with Gasteiger partial charge in [-0.1, -0.05) is 302 Å². The largest absolute Gasteiger partial charge is 0.489 e. The SMILES string of the molecule is CCCCCCCCCCCCOc1c(COc2ccc(N=Nc3ccc(C(=O)NCCOC(C)OC4CCC5(C)C(CCC6C5CCC5(C)C(C(C)CCCC(C)C)CCC65)C4)cc3)cc2)cc(COc2ccc(N=Nc3ccc(C(=O)NCCOC(C)OC4CCC5(C)C(CCC6C5CCC5(C)C(C(C)CCCC(C)C)CCC65)C4)cc3)cc2)c(OCCCCCCCCCCCC)c1OCCCCCCCCCCCC. The Labute approximate surface area is 905 Å². The van der Waals surface area contributed by atoms with E-state index in [4.69, 9.17) is 42.6 Å². The van der Waals surface area contributed by atoms with Gasteiger partial charge in [0, 0.05) is 35.3 Å². The van der Waals surface area contributed by atoms with Crippen LogP contribution in [0.1, 0.15) is 482 Å². The van der Waals surface area contributed by atoms with Crippen LogP contribution in [0.4, 0.5) is 22.7 Å². The highest BCUT2D eigenvalue weighted by atomic mass is 16.7. The van der Waals surface area contributed by atoms with Crippen molar-refractivity contribution in [1.82, 2.24) is 10.6 Å². The van der Waals surface area contributed by atoms with Gasteiger partial charge in [0.25, 0.3) is 11.8 Å². The Morgan fingerprint density at radius 2 is 0.631 bits per heavy atom. The van der Waals surface area contributed by atoms with E-state index in [1.54, 1.807) is 24.3 Å². The number of fused-ring (bicyclic) bond motifs is 10. The summed E-state index contributed by atoms with van der Waals surface area (Å²) < 4.78 is 60.7. The second-order valence-electron chi connectivity index (χ2n) is 50.2. The summed E-state index contributed by atoms with van der Waals surface area (Å²) in [5.41, 5.74) is 7.23. The van der Waals surface area contributed by atoms with Gasteiger partial charge in [-0.25, -0.2) is 0 Å². The van der Waals surface area contributed by atoms with E-state index < -0.39 is 0 Å². The molecule has 20 unspecified atom stereocenters. The molecule has 20 atom stereocenters. The molecule has 5 aromatic carbocycles. The number of azo groups is 2. The van der Waals surface area contributed by atoms with Gasteiger partial charge in [-0.15, -0.1) is 0 Å². The van der Waals surface area contributed by atoms with Gasteiger partial charge in [-0.2, -0.15) is 20.5 Å². The van der Waals surface area contributed by atoms with E-state index in [1.807, 2.05) is 86.6 Å². The summed E-state index contributed by atoms with van der Waals surface area (Å²) in [7, 11) is 0. The molecular formula is C132H208N6O11. The van der Waals surface area contributed by atoms with E-state index in [1.165, 1.54) is 283 Å². The van der Waals surface area contributed by atoms with Gasteiger partial charge in [0.2, 0.25) is 5.75 Å². The fraction of sp³-hybridized carbons (Fsp3) is 0.758. The van der Waals surface area contributed by atoms with Crippen molar-refractivity contribution < 1.29 is 52.2 Å². The molecule has 0 radical (unpaired) electrons. The molecule has 0 heterocycles. The van der Waals surface area contributed by atoms with Crippen molar-refractivity contribution in [1.29, 1.82) is 0 Å². The summed E-state index contributed by atoms with van der Waals surface area (Å²) in [6.45, 7) is 39.9. The summed E-state index contributed by atoms with van der Waals surface area (Å²) in [6, 6.07) is 32.0. The molecule has 8 fully saturated rings. The number of nitrogens with zero attached hydrogens (tertiary/aromatic N) is 4. The van der Waals surface area contributed by atoms with Crippen molar-refractivity contribution in [2.45, 2.75) is 489 Å². The van der Waals surface area contributed by atoms with E-state index in [9.17, 15) is 9.59 Å². The van der Waals surface area contributed by atoms with Crippen molar-refractivity contribution in [3.05, 3.63) is 125 Å². The van der Waals surface area contributed by atoms with Crippen LogP contribution in [0.3, 0.4) is 0 Å². The highest BCUT2D eigenvalue weighted by molar-refractivity contribution is 5.95. The maximum atomic E-state index is 13.5. The van der Waals surface area contributed by atoms with Gasteiger partial charge < -0.3 is 53.3 Å². The highest BCUT2D eigenvalue weighted by Crippen LogP contribution is 2.71. The van der Waals surface area contributed by atoms with Gasteiger partial charge >= 0.3 is 0 Å². The van der Waals surface area contributed by atoms with Crippen LogP contribution in [0.2, 0.25) is 0 Å². The maximum Gasteiger partial charge on any atom is 0.251 e. The molecule has 2 N–H and O–H groups in total. The molecule has 8 aliphatic carbocycles. The van der Waals surface area contributed by atoms with Crippen molar-refractivity contribution in [3.8, 4) is 28.7 Å². The fourth-order valence-corrected chi connectivity index (χ4v) is 30.2. The summed E-state index contributed by atoms with van der Waals surface area (Å²) in [6.07, 6.45) is 68.8. The van der Waals surface area contributed by atoms with E-state index in [-0.39, 0.29) is 49.8 Å². The van der Waals surface area contributed by atoms with Crippen LogP contribution in [-0.2, 0) is 32.2 Å². The van der Waals surface area contributed by atoms with E-state index >= 15 is 0 Å². The number of carbonyl (C=O) groups excluding carboxylic acids is 2. The predicted molar refractivity (Wildman–Crippen MR) is 613 cm³/mol. The molecule has 5 aromatic rings. The van der Waals surface area contributed by atoms with Crippen LogP contribution in [0, 0.1) is 105 Å². The molecule has 8 aliphatic rings. The highest BCUT2D eigenvalue weighted by Gasteiger charge is 2.63. The Morgan fingerprint density at radius 1 is 0.322 bits per heavy atom. The summed E-state index contributed by atoms with van der Waals surface area (Å²) in [5, 5.41) is 24.6. The average molecular weight is 2060 g/mol. The zero-order valence-corrected chi connectivity index (χ0v) is 96.5. The molecule has 832 valence electrons. The van der Waals surface area contributed by atoms with Crippen LogP contribution in [0.15, 0.2) is 124 Å². The topological polar surface area (TPSA) is 191 Å². The molecule has 0 aromatic heterocycles. The van der Waals surface area contributed by atoms with Gasteiger partial charge in [0.05, 0.1) is 68.0 Å². The molecule has 149 heavy (non-hydrogen) atoms. The quantitative estimate of drug-likeness (QED) is 0.0214. The molecule has 13 rings (SSSR count). The molecular weight excluding hydrogens is 1850 g/mol. The van der Waals surface area contributed by atoms with Gasteiger partial charge in [-0.3, -0.25) is 9.59 Å². The molecule has 0 saturated heterocycles. The van der Waals surface area contributed by atoms with Crippen LogP contribution >= 0.6 is 0 Å². The second-order valence-corrected chi connectivity index (χ2v) is 50.2. The standard InChI is InChI=1S/C132H208N6O11/c1-16-19-22-25-28-31-34-37-40-43-86-143-124-104(94-146-112-66-62-110(63-67-112)137-135-108-58-52-102(53-59-108)127(139)133-84-89-141-100(10)148-114-76-80-129(12)106(92-114)56-70-116-120-74-72-118(98(8)50-46-48-96(4)5)131(120,14)82-78-122(116)129)91-105(125(144-87-44-41-38-35-32-29-26-23-20-17-2)126(124)145-88-45-42-39-36-33-30-27-24-21-18-3)95-147-113-68-64-111(65-69-113)138-136-109-60-54-103(55-61-109)128(140)134-85-90-142-101(11)149-115-77-81-130(13)107(93-115)57-71-117-121-75-73-119(99(9)51-47-49-97(6)7)132(121,15)83-79-123(117)130/h52-55,58-69,91,96-101,106-107,114-123H,16-51,56-57,70-90,92-95H2,1-15H3,(H,133,139)(H,134,140). The number of hydrogen-bond donors (Lipinski definition) is 2. The second kappa shape index (κ2) is 62.1. The minimum atomic E-state index is -0.341. The number of amides is 2. The first-order valence-corrected chi connectivity index (χ1v) is 62.1. The smallest absolute Gasteiger partial charge is 0.251 e. The lowest BCUT2D eigenvalue weighted by atomic mass is 9.44. The van der Waals surface area contributed by atoms with E-state index in [0.29, 0.717) is 142 Å². The lowest BCUT2D eigenvalue weighted by Gasteiger charge is -2.61. The number of carbonyl (C=O) groups is 2. The first-order valence-electron chi connectivity index (χ1n) is 62.1. The minimum Gasteiger partial charge on any atom is -0.489 e. The van der Waals surface area contributed by atoms with Crippen molar-refractivity contribution in [2.24, 2.45) is 125 Å². The first kappa shape index (κ1) is 119. The van der Waals surface area contributed by atoms with Crippen LogP contribution < -0.4 is 34.3 Å². The fourth-order valence-electron chi connectivity index (χ4n) is 30.2. The molecule has 2 amide bonds. The molecule has 0 spiro atoms. The zero-order chi connectivity index (χ0) is 105. The van der Waals surface area contributed by atoms with E-state index in [0.717, 1.165) is 146 Å². The van der Waals surface area contributed by atoms with Crippen molar-refractivity contribution in [2.75, 3.05) is 46.1 Å². The monoisotopic (exact) mass is 2050 g/mol. The summed E-state index contributed by atoms with van der Waals surface area (Å²) in [5.74, 6) is 14.8. The third-order valence-corrected chi connectivity index (χ3v) is 38.7. The third-order valence-electron chi connectivity index (χ3n) is 38.7. The minimum absolute atomic E-state index is 0.164. The number of ether oxygens (including phenoxy) is 9. The molecule has 8 saturated carbocycles. The summed E-state index contributed by atoms with van der Waals surface area (Å²) >= 11 is 0. The zero-order valence-electron chi connectivity index (χ0n) is 96.5. The summed E-state index contributed by atoms with van der Waals surface area (Å²) in [4.78, 5) is 27.0. The van der Waals surface area contributed by atoms with Crippen LogP contribution in [-0.4, -0.2) is 82.7 Å².